The van der Waals surface area contributed by atoms with Gasteiger partial charge in [-0.25, -0.2) is 14.8 Å². The monoisotopic (exact) mass is 253 g/mol. The SMILES string of the molecule is CC(O)CN(C)c1cnc(C(C)C)nc1C(=O)O. The number of likely N-dealkylation sites (N-methyl/N-ethyl adjacent to an activating group) is 1. The second-order valence-electron chi connectivity index (χ2n) is 4.65. The lowest BCUT2D eigenvalue weighted by Crippen LogP contribution is -2.29. The highest BCUT2D eigenvalue weighted by atomic mass is 16.4. The molecule has 0 radical (unpaired) electrons. The van der Waals surface area contributed by atoms with Gasteiger partial charge in [-0.3, -0.25) is 0 Å². The summed E-state index contributed by atoms with van der Waals surface area (Å²) in [6.07, 6.45) is 0.940. The summed E-state index contributed by atoms with van der Waals surface area (Å²) in [6, 6.07) is 0. The third-order valence-electron chi connectivity index (χ3n) is 2.46. The Hall–Kier alpha value is -1.69. The number of carboxylic acid groups (broad SMARTS) is 1. The van der Waals surface area contributed by atoms with Crippen LogP contribution in [-0.2, 0) is 0 Å². The molecule has 1 heterocycles. The molecule has 0 saturated carbocycles. The molecule has 0 aliphatic rings. The van der Waals surface area contributed by atoms with E-state index >= 15 is 0 Å². The van der Waals surface area contributed by atoms with Gasteiger partial charge in [-0.05, 0) is 6.92 Å². The molecule has 0 saturated heterocycles. The zero-order valence-electron chi connectivity index (χ0n) is 11.1. The molecule has 0 spiro atoms. The maximum absolute atomic E-state index is 11.2. The van der Waals surface area contributed by atoms with Gasteiger partial charge in [0.15, 0.2) is 5.69 Å². The number of aromatic nitrogens is 2. The molecule has 0 amide bonds. The van der Waals surface area contributed by atoms with E-state index in [1.165, 1.54) is 6.20 Å². The molecule has 1 unspecified atom stereocenters. The maximum Gasteiger partial charge on any atom is 0.356 e. The fourth-order valence-electron chi connectivity index (χ4n) is 1.60. The van der Waals surface area contributed by atoms with Gasteiger partial charge in [0.25, 0.3) is 0 Å². The Morgan fingerprint density at radius 3 is 2.50 bits per heavy atom. The Bertz CT molecular complexity index is 433. The first-order valence-electron chi connectivity index (χ1n) is 5.82. The lowest BCUT2D eigenvalue weighted by atomic mass is 10.2. The molecule has 18 heavy (non-hydrogen) atoms. The van der Waals surface area contributed by atoms with E-state index in [0.29, 0.717) is 18.1 Å². The van der Waals surface area contributed by atoms with Gasteiger partial charge in [-0.1, -0.05) is 13.8 Å². The molecule has 0 aromatic carbocycles. The summed E-state index contributed by atoms with van der Waals surface area (Å²) in [5, 5.41) is 18.5. The Balaban J connectivity index is 3.15. The molecule has 0 aliphatic heterocycles. The Morgan fingerprint density at radius 2 is 2.06 bits per heavy atom. The molecular weight excluding hydrogens is 234 g/mol. The van der Waals surface area contributed by atoms with Crippen molar-refractivity contribution in [2.45, 2.75) is 32.8 Å². The van der Waals surface area contributed by atoms with Crippen LogP contribution in [0.2, 0.25) is 0 Å². The molecule has 6 nitrogen and oxygen atoms in total. The van der Waals surface area contributed by atoms with Crippen LogP contribution >= 0.6 is 0 Å². The molecule has 1 aromatic heterocycles. The van der Waals surface area contributed by atoms with E-state index in [2.05, 4.69) is 9.97 Å². The van der Waals surface area contributed by atoms with E-state index in [4.69, 9.17) is 0 Å². The van der Waals surface area contributed by atoms with Gasteiger partial charge >= 0.3 is 5.97 Å². The Morgan fingerprint density at radius 1 is 1.44 bits per heavy atom. The van der Waals surface area contributed by atoms with Crippen LogP contribution in [0, 0.1) is 0 Å². The number of aliphatic hydroxyl groups is 1. The lowest BCUT2D eigenvalue weighted by Gasteiger charge is -2.22. The number of anilines is 1. The van der Waals surface area contributed by atoms with Crippen molar-refractivity contribution in [3.8, 4) is 0 Å². The molecule has 100 valence electrons. The van der Waals surface area contributed by atoms with Crippen molar-refractivity contribution in [3.63, 3.8) is 0 Å². The highest BCUT2D eigenvalue weighted by Crippen LogP contribution is 2.19. The minimum atomic E-state index is -1.09. The van der Waals surface area contributed by atoms with Crippen molar-refractivity contribution in [3.05, 3.63) is 17.7 Å². The van der Waals surface area contributed by atoms with Crippen molar-refractivity contribution >= 4 is 11.7 Å². The molecule has 0 fully saturated rings. The zero-order valence-corrected chi connectivity index (χ0v) is 11.1. The fraction of sp³-hybridized carbons (Fsp3) is 0.583. The second kappa shape index (κ2) is 5.77. The number of aliphatic hydroxyl groups excluding tert-OH is 1. The largest absolute Gasteiger partial charge is 0.476 e. The number of nitrogens with zero attached hydrogens (tertiary/aromatic N) is 3. The summed E-state index contributed by atoms with van der Waals surface area (Å²) < 4.78 is 0. The summed E-state index contributed by atoms with van der Waals surface area (Å²) in [4.78, 5) is 21.1. The molecule has 1 aromatic rings. The molecule has 1 atom stereocenters. The average Bonchev–Trinajstić information content (AvgIpc) is 2.26. The number of aromatic carboxylic acids is 1. The van der Waals surface area contributed by atoms with E-state index in [0.717, 1.165) is 0 Å². The average molecular weight is 253 g/mol. The van der Waals surface area contributed by atoms with Crippen molar-refractivity contribution < 1.29 is 15.0 Å². The van der Waals surface area contributed by atoms with Crippen LogP contribution < -0.4 is 4.90 Å². The van der Waals surface area contributed by atoms with Crippen molar-refractivity contribution in [1.29, 1.82) is 0 Å². The van der Waals surface area contributed by atoms with Crippen LogP contribution in [-0.4, -0.2) is 45.8 Å². The predicted octanol–water partition coefficient (Wildman–Crippen LogP) is 1.12. The van der Waals surface area contributed by atoms with E-state index in [1.807, 2.05) is 13.8 Å². The minimum absolute atomic E-state index is 0.0307. The Kier molecular flexibility index (Phi) is 4.61. The standard InChI is InChI=1S/C12H19N3O3/c1-7(2)11-13-5-9(10(14-11)12(17)18)15(4)6-8(3)16/h5,7-8,16H,6H2,1-4H3,(H,17,18). The predicted molar refractivity (Wildman–Crippen MR) is 68.0 cm³/mol. The molecule has 0 bridgehead atoms. The third-order valence-corrected chi connectivity index (χ3v) is 2.46. The van der Waals surface area contributed by atoms with Gasteiger partial charge in [0.2, 0.25) is 0 Å². The third kappa shape index (κ3) is 3.40. The number of carbonyl (C=O) groups is 1. The summed E-state index contributed by atoms with van der Waals surface area (Å²) in [7, 11) is 1.70. The van der Waals surface area contributed by atoms with Gasteiger partial charge in [0.1, 0.15) is 5.82 Å². The van der Waals surface area contributed by atoms with E-state index in [9.17, 15) is 15.0 Å². The van der Waals surface area contributed by atoms with Crippen LogP contribution in [0.25, 0.3) is 0 Å². The molecule has 0 aliphatic carbocycles. The summed E-state index contributed by atoms with van der Waals surface area (Å²) >= 11 is 0. The van der Waals surface area contributed by atoms with Crippen molar-refractivity contribution in [2.75, 3.05) is 18.5 Å². The normalized spacial score (nSPS) is 12.6. The summed E-state index contributed by atoms with van der Waals surface area (Å²) in [5.74, 6) is -0.521. The van der Waals surface area contributed by atoms with Gasteiger partial charge in [0.05, 0.1) is 18.0 Å². The number of carboxylic acids is 1. The molecule has 1 rings (SSSR count). The summed E-state index contributed by atoms with van der Waals surface area (Å²) in [5.41, 5.74) is 0.379. The first kappa shape index (κ1) is 14.4. The quantitative estimate of drug-likeness (QED) is 0.817. The van der Waals surface area contributed by atoms with E-state index in [-0.39, 0.29) is 11.6 Å². The van der Waals surface area contributed by atoms with Crippen molar-refractivity contribution in [1.82, 2.24) is 9.97 Å². The fourth-order valence-corrected chi connectivity index (χ4v) is 1.60. The Labute approximate surface area is 106 Å². The van der Waals surface area contributed by atoms with Gasteiger partial charge < -0.3 is 15.1 Å². The van der Waals surface area contributed by atoms with Crippen LogP contribution in [0.5, 0.6) is 0 Å². The van der Waals surface area contributed by atoms with E-state index < -0.39 is 12.1 Å². The first-order valence-corrected chi connectivity index (χ1v) is 5.82. The van der Waals surface area contributed by atoms with Crippen LogP contribution in [0.1, 0.15) is 43.0 Å². The van der Waals surface area contributed by atoms with Gasteiger partial charge in [-0.15, -0.1) is 0 Å². The van der Waals surface area contributed by atoms with Gasteiger partial charge in [0, 0.05) is 19.5 Å². The molecule has 2 N–H and O–H groups in total. The highest BCUT2D eigenvalue weighted by Gasteiger charge is 2.18. The second-order valence-corrected chi connectivity index (χ2v) is 4.65. The number of hydrogen-bond donors (Lipinski definition) is 2. The molecular formula is C12H19N3O3. The number of hydrogen-bond acceptors (Lipinski definition) is 5. The topological polar surface area (TPSA) is 86.5 Å². The molecule has 6 heteroatoms. The smallest absolute Gasteiger partial charge is 0.356 e. The van der Waals surface area contributed by atoms with Gasteiger partial charge in [-0.2, -0.15) is 0 Å². The van der Waals surface area contributed by atoms with Crippen molar-refractivity contribution in [2.24, 2.45) is 0 Å². The van der Waals surface area contributed by atoms with E-state index in [1.54, 1.807) is 18.9 Å². The van der Waals surface area contributed by atoms with Crippen LogP contribution in [0.3, 0.4) is 0 Å². The van der Waals surface area contributed by atoms with Crippen LogP contribution in [0.15, 0.2) is 6.20 Å². The zero-order chi connectivity index (χ0) is 13.9. The minimum Gasteiger partial charge on any atom is -0.476 e. The van der Waals surface area contributed by atoms with Crippen LogP contribution in [0.4, 0.5) is 5.69 Å². The summed E-state index contributed by atoms with van der Waals surface area (Å²) in [6.45, 7) is 5.77. The maximum atomic E-state index is 11.2. The lowest BCUT2D eigenvalue weighted by molar-refractivity contribution is 0.0690. The number of rotatable bonds is 5. The first-order chi connectivity index (χ1) is 8.32. The highest BCUT2D eigenvalue weighted by molar-refractivity contribution is 5.91.